The molecule has 0 bridgehead atoms. The van der Waals surface area contributed by atoms with Crippen LogP contribution in [0.5, 0.6) is 0 Å². The maximum Gasteiger partial charge on any atom is 0.225 e. The molecule has 2 heterocycles. The summed E-state index contributed by atoms with van der Waals surface area (Å²) in [7, 11) is 0. The molecular formula is C19H17ClN4S. The lowest BCUT2D eigenvalue weighted by molar-refractivity contribution is 1.06. The molecule has 0 saturated carbocycles. The van der Waals surface area contributed by atoms with Gasteiger partial charge in [0, 0.05) is 29.0 Å². The van der Waals surface area contributed by atoms with Crippen molar-refractivity contribution in [3.05, 3.63) is 58.7 Å². The largest absolute Gasteiger partial charge is 0.383 e. The first-order valence-corrected chi connectivity index (χ1v) is 9.29. The second-order valence-electron chi connectivity index (χ2n) is 5.80. The Kier molecular flexibility index (Phi) is 4.42. The second kappa shape index (κ2) is 6.86. The summed E-state index contributed by atoms with van der Waals surface area (Å²) in [6, 6.07) is 16.8. The summed E-state index contributed by atoms with van der Waals surface area (Å²) < 4.78 is 0. The molecule has 6 heteroatoms. The van der Waals surface area contributed by atoms with Crippen molar-refractivity contribution < 1.29 is 0 Å². The predicted octanol–water partition coefficient (Wildman–Crippen LogP) is 5.33. The monoisotopic (exact) mass is 368 g/mol. The summed E-state index contributed by atoms with van der Waals surface area (Å²) in [5, 5.41) is 10.6. The number of nitrogens with one attached hydrogen (secondary N) is 2. The van der Waals surface area contributed by atoms with E-state index >= 15 is 0 Å². The van der Waals surface area contributed by atoms with Crippen LogP contribution in [0.25, 0.3) is 21.0 Å². The summed E-state index contributed by atoms with van der Waals surface area (Å²) in [5.74, 6) is 0.791. The number of hydrogen-bond acceptors (Lipinski definition) is 5. The second-order valence-corrected chi connectivity index (χ2v) is 7.37. The number of rotatable bonds is 5. The van der Waals surface area contributed by atoms with Gasteiger partial charge in [0.2, 0.25) is 5.28 Å². The molecule has 2 aromatic heterocycles. The van der Waals surface area contributed by atoms with Gasteiger partial charge in [0.25, 0.3) is 0 Å². The first-order chi connectivity index (χ1) is 12.2. The average Bonchev–Trinajstić information content (AvgIpc) is 2.98. The highest BCUT2D eigenvalue weighted by molar-refractivity contribution is 7.18. The Morgan fingerprint density at radius 2 is 1.76 bits per heavy atom. The van der Waals surface area contributed by atoms with Gasteiger partial charge < -0.3 is 10.6 Å². The first kappa shape index (κ1) is 16.1. The Hall–Kier alpha value is -2.37. The lowest BCUT2D eigenvalue weighted by Crippen LogP contribution is -2.14. The lowest BCUT2D eigenvalue weighted by atomic mass is 10.1. The van der Waals surface area contributed by atoms with E-state index in [4.69, 9.17) is 11.6 Å². The molecule has 4 nitrogen and oxygen atoms in total. The molecular weight excluding hydrogens is 352 g/mol. The van der Waals surface area contributed by atoms with Gasteiger partial charge in [-0.1, -0.05) is 36.4 Å². The minimum absolute atomic E-state index is 0.277. The van der Waals surface area contributed by atoms with Crippen LogP contribution in [0, 0.1) is 6.92 Å². The molecule has 0 aliphatic heterocycles. The van der Waals surface area contributed by atoms with E-state index in [1.54, 1.807) is 11.3 Å². The van der Waals surface area contributed by atoms with Crippen LogP contribution in [0.1, 0.15) is 4.88 Å². The third-order valence-corrected chi connectivity index (χ3v) is 5.12. The van der Waals surface area contributed by atoms with Gasteiger partial charge in [0.1, 0.15) is 10.6 Å². The zero-order valence-electron chi connectivity index (χ0n) is 13.7. The number of aromatic nitrogens is 2. The highest BCUT2D eigenvalue weighted by atomic mass is 35.5. The van der Waals surface area contributed by atoms with Crippen LogP contribution < -0.4 is 10.6 Å². The molecule has 0 fully saturated rings. The van der Waals surface area contributed by atoms with Crippen LogP contribution in [0.2, 0.25) is 5.28 Å². The Labute approximate surface area is 154 Å². The Morgan fingerprint density at radius 3 is 2.68 bits per heavy atom. The van der Waals surface area contributed by atoms with Crippen LogP contribution in [0.4, 0.5) is 11.5 Å². The van der Waals surface area contributed by atoms with Crippen LogP contribution in [-0.2, 0) is 0 Å². The van der Waals surface area contributed by atoms with Crippen molar-refractivity contribution in [3.63, 3.8) is 0 Å². The minimum Gasteiger partial charge on any atom is -0.383 e. The van der Waals surface area contributed by atoms with Crippen molar-refractivity contribution >= 4 is 55.4 Å². The molecule has 0 unspecified atom stereocenters. The van der Waals surface area contributed by atoms with Crippen LogP contribution in [0.15, 0.2) is 48.5 Å². The number of hydrogen-bond donors (Lipinski definition) is 2. The SMILES string of the molecule is Cc1cc2c(NCCNc3cccc4ccccc34)nc(Cl)nc2s1. The van der Waals surface area contributed by atoms with Gasteiger partial charge in [0.05, 0.1) is 5.39 Å². The van der Waals surface area contributed by atoms with Crippen molar-refractivity contribution in [3.8, 4) is 0 Å². The third kappa shape index (κ3) is 3.38. The molecule has 0 amide bonds. The maximum atomic E-state index is 6.04. The molecule has 2 N–H and O–H groups in total. The van der Waals surface area contributed by atoms with Gasteiger partial charge in [-0.25, -0.2) is 9.97 Å². The zero-order valence-corrected chi connectivity index (χ0v) is 15.3. The number of anilines is 2. The summed E-state index contributed by atoms with van der Waals surface area (Å²) >= 11 is 7.66. The van der Waals surface area contributed by atoms with Gasteiger partial charge in [-0.2, -0.15) is 0 Å². The van der Waals surface area contributed by atoms with E-state index in [-0.39, 0.29) is 5.28 Å². The number of aryl methyl sites for hydroxylation is 1. The topological polar surface area (TPSA) is 49.8 Å². The molecule has 4 aromatic rings. The van der Waals surface area contributed by atoms with E-state index in [0.29, 0.717) is 0 Å². The van der Waals surface area contributed by atoms with E-state index in [2.05, 4.69) is 76.1 Å². The fraction of sp³-hybridized carbons (Fsp3) is 0.158. The number of thiophene rings is 1. The van der Waals surface area contributed by atoms with Gasteiger partial charge in [-0.05, 0) is 36.0 Å². The molecule has 25 heavy (non-hydrogen) atoms. The summed E-state index contributed by atoms with van der Waals surface area (Å²) in [5.41, 5.74) is 1.14. The predicted molar refractivity (Wildman–Crippen MR) is 108 cm³/mol. The van der Waals surface area contributed by atoms with E-state index in [0.717, 1.165) is 34.8 Å². The maximum absolute atomic E-state index is 6.04. The molecule has 0 aliphatic carbocycles. The van der Waals surface area contributed by atoms with Crippen molar-refractivity contribution in [2.45, 2.75) is 6.92 Å². The highest BCUT2D eigenvalue weighted by Crippen LogP contribution is 2.29. The van der Waals surface area contributed by atoms with Crippen LogP contribution in [0.3, 0.4) is 0 Å². The van der Waals surface area contributed by atoms with Gasteiger partial charge >= 0.3 is 0 Å². The third-order valence-electron chi connectivity index (χ3n) is 4.01. The van der Waals surface area contributed by atoms with E-state index in [1.165, 1.54) is 15.6 Å². The summed E-state index contributed by atoms with van der Waals surface area (Å²) in [6.45, 7) is 3.58. The zero-order chi connectivity index (χ0) is 17.2. The van der Waals surface area contributed by atoms with Crippen molar-refractivity contribution in [2.75, 3.05) is 23.7 Å². The standard InChI is InChI=1S/C19H17ClN4S/c1-12-11-15-17(23-19(20)24-18(15)25-12)22-10-9-21-16-8-4-6-13-5-2-3-7-14(13)16/h2-8,11,21H,9-10H2,1H3,(H,22,23,24). The normalized spacial score (nSPS) is 11.1. The Balaban J connectivity index is 1.46. The van der Waals surface area contributed by atoms with Crippen molar-refractivity contribution in [1.29, 1.82) is 0 Å². The number of fused-ring (bicyclic) bond motifs is 2. The van der Waals surface area contributed by atoms with E-state index in [9.17, 15) is 0 Å². The van der Waals surface area contributed by atoms with Crippen molar-refractivity contribution in [2.24, 2.45) is 0 Å². The van der Waals surface area contributed by atoms with Crippen LogP contribution >= 0.6 is 22.9 Å². The molecule has 0 aliphatic rings. The van der Waals surface area contributed by atoms with E-state index in [1.807, 2.05) is 0 Å². The quantitative estimate of drug-likeness (QED) is 0.369. The van der Waals surface area contributed by atoms with Gasteiger partial charge in [-0.15, -0.1) is 11.3 Å². The summed E-state index contributed by atoms with van der Waals surface area (Å²) in [6.07, 6.45) is 0. The Bertz CT molecular complexity index is 1040. The molecule has 0 radical (unpaired) electrons. The number of halogens is 1. The molecule has 4 rings (SSSR count). The molecule has 0 atom stereocenters. The number of benzene rings is 2. The van der Waals surface area contributed by atoms with Crippen molar-refractivity contribution in [1.82, 2.24) is 9.97 Å². The fourth-order valence-corrected chi connectivity index (χ4v) is 4.01. The fourth-order valence-electron chi connectivity index (χ4n) is 2.91. The first-order valence-electron chi connectivity index (χ1n) is 8.10. The average molecular weight is 369 g/mol. The molecule has 126 valence electrons. The van der Waals surface area contributed by atoms with E-state index < -0.39 is 0 Å². The highest BCUT2D eigenvalue weighted by Gasteiger charge is 2.09. The minimum atomic E-state index is 0.277. The summed E-state index contributed by atoms with van der Waals surface area (Å²) in [4.78, 5) is 10.7. The lowest BCUT2D eigenvalue weighted by Gasteiger charge is -2.11. The van der Waals surface area contributed by atoms with Gasteiger partial charge in [0.15, 0.2) is 0 Å². The molecule has 0 spiro atoms. The smallest absolute Gasteiger partial charge is 0.225 e. The molecule has 2 aromatic carbocycles. The Morgan fingerprint density at radius 1 is 0.960 bits per heavy atom. The van der Waals surface area contributed by atoms with Gasteiger partial charge in [-0.3, -0.25) is 0 Å². The van der Waals surface area contributed by atoms with Crippen LogP contribution in [-0.4, -0.2) is 23.1 Å². The molecule has 0 saturated heterocycles. The number of nitrogens with zero attached hydrogens (tertiary/aromatic N) is 2.